The van der Waals surface area contributed by atoms with Crippen molar-refractivity contribution < 1.29 is 21.9 Å². The van der Waals surface area contributed by atoms with Gasteiger partial charge in [-0.25, -0.2) is 4.79 Å². The van der Waals surface area contributed by atoms with Crippen LogP contribution in [-0.4, -0.2) is 105 Å². The number of aromatic nitrogens is 1. The Morgan fingerprint density at radius 3 is 2.41 bits per heavy atom. The first-order valence-electron chi connectivity index (χ1n) is 15.1. The van der Waals surface area contributed by atoms with Crippen molar-refractivity contribution in [3.63, 3.8) is 0 Å². The molecule has 0 bridgehead atoms. The van der Waals surface area contributed by atoms with E-state index in [1.807, 2.05) is 17.0 Å². The molecule has 2 aromatic rings. The number of aryl methyl sites for hydroxylation is 3. The number of piperidine rings is 1. The summed E-state index contributed by atoms with van der Waals surface area (Å²) >= 11 is 0. The van der Waals surface area contributed by atoms with E-state index < -0.39 is 10.1 Å². The van der Waals surface area contributed by atoms with Gasteiger partial charge in [0.05, 0.1) is 0 Å². The Labute approximate surface area is 244 Å². The van der Waals surface area contributed by atoms with Crippen LogP contribution >= 0.6 is 0 Å². The number of benzene rings is 1. The van der Waals surface area contributed by atoms with Crippen molar-refractivity contribution in [3.05, 3.63) is 40.8 Å². The van der Waals surface area contributed by atoms with E-state index in [0.717, 1.165) is 96.4 Å². The molecule has 11 heteroatoms. The normalized spacial score (nSPS) is 20.9. The van der Waals surface area contributed by atoms with Crippen molar-refractivity contribution in [2.75, 3.05) is 59.4 Å². The fourth-order valence-corrected chi connectivity index (χ4v) is 7.85. The van der Waals surface area contributed by atoms with Crippen LogP contribution in [0.25, 0.3) is 0 Å². The van der Waals surface area contributed by atoms with Gasteiger partial charge in [0.25, 0.3) is 0 Å². The van der Waals surface area contributed by atoms with E-state index in [-0.39, 0.29) is 16.7 Å². The minimum Gasteiger partial charge on any atom is -0.379 e. The van der Waals surface area contributed by atoms with E-state index in [1.54, 1.807) is 19.9 Å². The molecule has 2 aliphatic heterocycles. The van der Waals surface area contributed by atoms with E-state index in [0.29, 0.717) is 23.4 Å². The zero-order chi connectivity index (χ0) is 29.1. The Morgan fingerprint density at radius 1 is 1.05 bits per heavy atom. The van der Waals surface area contributed by atoms with Gasteiger partial charge in [0.1, 0.15) is 11.4 Å². The highest BCUT2D eigenvalue weighted by Gasteiger charge is 2.32. The molecule has 3 heterocycles. The van der Waals surface area contributed by atoms with Crippen molar-refractivity contribution in [2.45, 2.75) is 70.2 Å². The highest BCUT2D eigenvalue weighted by Crippen LogP contribution is 2.31. The molecule has 3 aliphatic rings. The molecule has 226 valence electrons. The predicted molar refractivity (Wildman–Crippen MR) is 157 cm³/mol. The van der Waals surface area contributed by atoms with Crippen LogP contribution in [0.5, 0.6) is 5.75 Å². The molecule has 1 aliphatic carbocycles. The Morgan fingerprint density at radius 2 is 1.76 bits per heavy atom. The number of likely N-dealkylation sites (N-methyl/N-ethyl adjacent to an activating group) is 1. The second kappa shape index (κ2) is 12.7. The van der Waals surface area contributed by atoms with Crippen LogP contribution in [0.2, 0.25) is 0 Å². The average Bonchev–Trinajstić information content (AvgIpc) is 3.31. The van der Waals surface area contributed by atoms with Gasteiger partial charge in [-0.3, -0.25) is 4.90 Å². The van der Waals surface area contributed by atoms with Gasteiger partial charge in [-0.05, 0) is 95.1 Å². The molecule has 1 unspecified atom stereocenters. The lowest BCUT2D eigenvalue weighted by Gasteiger charge is -2.41. The quantitative estimate of drug-likeness (QED) is 0.431. The lowest BCUT2D eigenvalue weighted by molar-refractivity contribution is 0.0923. The third kappa shape index (κ3) is 6.89. The second-order valence-corrected chi connectivity index (χ2v) is 13.5. The average molecular weight is 588 g/mol. The zero-order valence-electron chi connectivity index (χ0n) is 25.0. The number of carbonyl (C=O) groups is 1. The molecule has 0 radical (unpaired) electrons. The van der Waals surface area contributed by atoms with E-state index in [2.05, 4.69) is 33.8 Å². The van der Waals surface area contributed by atoms with Crippen LogP contribution in [0, 0.1) is 19.8 Å². The van der Waals surface area contributed by atoms with Gasteiger partial charge in [-0.2, -0.15) is 8.42 Å². The minimum absolute atomic E-state index is 0.00139. The Hall–Kier alpha value is -2.63. The molecule has 2 amide bonds. The number of fused-ring (bicyclic) bond motifs is 1. The van der Waals surface area contributed by atoms with Crippen LogP contribution in [0.4, 0.5) is 4.79 Å². The summed E-state index contributed by atoms with van der Waals surface area (Å²) in [7, 11) is -1.92. The standard InChI is InChI=1S/C30H45N5O5S/c1-5-12-35(21-24-10-13-33(14-11-24)30(36)34-17-15-32(4)16-18-34)27-8-6-25-7-9-28(20-26(25)19-27)40-41(37,38)29-22(2)31-39-23(29)3/h7,9,20,24,27H,5-6,8,10-19,21H2,1-4H3. The lowest BCUT2D eigenvalue weighted by atomic mass is 9.86. The number of nitrogens with zero attached hydrogens (tertiary/aromatic N) is 5. The molecule has 0 spiro atoms. The fraction of sp³-hybridized carbons (Fsp3) is 0.667. The molecule has 1 aromatic heterocycles. The maximum Gasteiger partial charge on any atom is 0.344 e. The summed E-state index contributed by atoms with van der Waals surface area (Å²) in [5, 5.41) is 3.76. The number of carbonyl (C=O) groups excluding carboxylic acids is 1. The smallest absolute Gasteiger partial charge is 0.344 e. The Kier molecular flexibility index (Phi) is 9.25. The largest absolute Gasteiger partial charge is 0.379 e. The van der Waals surface area contributed by atoms with E-state index in [9.17, 15) is 13.2 Å². The predicted octanol–water partition coefficient (Wildman–Crippen LogP) is 3.71. The fourth-order valence-electron chi connectivity index (χ4n) is 6.62. The summed E-state index contributed by atoms with van der Waals surface area (Å²) in [5.74, 6) is 1.13. The van der Waals surface area contributed by atoms with Crippen LogP contribution in [0.1, 0.15) is 55.2 Å². The molecular formula is C30H45N5O5S. The molecule has 2 fully saturated rings. The van der Waals surface area contributed by atoms with Crippen LogP contribution in [-0.2, 0) is 23.0 Å². The summed E-state index contributed by atoms with van der Waals surface area (Å²) in [6.45, 7) is 12.7. The van der Waals surface area contributed by atoms with Gasteiger partial charge in [-0.15, -0.1) is 0 Å². The molecule has 10 nitrogen and oxygen atoms in total. The van der Waals surface area contributed by atoms with Crippen LogP contribution in [0.3, 0.4) is 0 Å². The van der Waals surface area contributed by atoms with Gasteiger partial charge >= 0.3 is 16.1 Å². The van der Waals surface area contributed by atoms with Gasteiger partial charge in [0, 0.05) is 51.9 Å². The third-order valence-corrected chi connectivity index (χ3v) is 10.5. The Balaban J connectivity index is 1.19. The molecule has 1 aromatic carbocycles. The van der Waals surface area contributed by atoms with E-state index in [4.69, 9.17) is 8.71 Å². The molecule has 41 heavy (non-hydrogen) atoms. The second-order valence-electron chi connectivity index (χ2n) is 12.0. The maximum absolute atomic E-state index is 13.0. The van der Waals surface area contributed by atoms with Crippen molar-refractivity contribution in [1.82, 2.24) is 24.8 Å². The number of urea groups is 1. The summed E-state index contributed by atoms with van der Waals surface area (Å²) in [6, 6.07) is 6.25. The first-order chi connectivity index (χ1) is 19.6. The number of likely N-dealkylation sites (tertiary alicyclic amines) is 1. The van der Waals surface area contributed by atoms with Crippen molar-refractivity contribution >= 4 is 16.1 Å². The van der Waals surface area contributed by atoms with Gasteiger partial charge in [0.2, 0.25) is 0 Å². The first-order valence-corrected chi connectivity index (χ1v) is 16.5. The van der Waals surface area contributed by atoms with Crippen LogP contribution in [0.15, 0.2) is 27.6 Å². The highest BCUT2D eigenvalue weighted by atomic mass is 32.2. The van der Waals surface area contributed by atoms with Crippen molar-refractivity contribution in [1.29, 1.82) is 0 Å². The topological polar surface area (TPSA) is 99.4 Å². The first kappa shape index (κ1) is 29.8. The Bertz CT molecular complexity index is 1290. The number of piperazine rings is 1. The highest BCUT2D eigenvalue weighted by molar-refractivity contribution is 7.87. The maximum atomic E-state index is 13.0. The molecule has 2 saturated heterocycles. The number of hydrogen-bond acceptors (Lipinski definition) is 8. The molecular weight excluding hydrogens is 542 g/mol. The number of hydrogen-bond donors (Lipinski definition) is 0. The summed E-state index contributed by atoms with van der Waals surface area (Å²) < 4.78 is 36.5. The monoisotopic (exact) mass is 587 g/mol. The number of rotatable bonds is 8. The van der Waals surface area contributed by atoms with Gasteiger partial charge in [-0.1, -0.05) is 18.1 Å². The zero-order valence-corrected chi connectivity index (χ0v) is 25.8. The molecule has 5 rings (SSSR count). The number of amides is 2. The van der Waals surface area contributed by atoms with E-state index >= 15 is 0 Å². The van der Waals surface area contributed by atoms with E-state index in [1.165, 1.54) is 5.56 Å². The van der Waals surface area contributed by atoms with Crippen molar-refractivity contribution in [3.8, 4) is 5.75 Å². The van der Waals surface area contributed by atoms with Crippen molar-refractivity contribution in [2.24, 2.45) is 5.92 Å². The summed E-state index contributed by atoms with van der Waals surface area (Å²) in [4.78, 5) is 22.0. The summed E-state index contributed by atoms with van der Waals surface area (Å²) in [5.41, 5.74) is 2.71. The third-order valence-electron chi connectivity index (χ3n) is 8.98. The minimum atomic E-state index is -4.04. The van der Waals surface area contributed by atoms with Gasteiger partial charge < -0.3 is 23.4 Å². The van der Waals surface area contributed by atoms with Crippen LogP contribution < -0.4 is 4.18 Å². The van der Waals surface area contributed by atoms with Gasteiger partial charge in [0.15, 0.2) is 10.7 Å². The lowest BCUT2D eigenvalue weighted by Crippen LogP contribution is -2.53. The summed E-state index contributed by atoms with van der Waals surface area (Å²) in [6.07, 6.45) is 6.10. The molecule has 1 atom stereocenters. The molecule has 0 saturated carbocycles. The SMILES string of the molecule is CCCN(CC1CCN(C(=O)N2CCN(C)CC2)CC1)C1CCc2ccc(OS(=O)(=O)c3c(C)noc3C)cc2C1. The molecule has 0 N–H and O–H groups in total.